The van der Waals surface area contributed by atoms with Gasteiger partial charge in [0, 0.05) is 0 Å². The van der Waals surface area contributed by atoms with Gasteiger partial charge in [-0.1, -0.05) is 104 Å². The number of benzene rings is 3. The van der Waals surface area contributed by atoms with Crippen LogP contribution >= 0.6 is 0 Å². The van der Waals surface area contributed by atoms with Crippen molar-refractivity contribution in [3.63, 3.8) is 0 Å². The molecule has 3 aromatic carbocycles. The van der Waals surface area contributed by atoms with Gasteiger partial charge >= 0.3 is 5.97 Å². The van der Waals surface area contributed by atoms with E-state index in [0.29, 0.717) is 6.61 Å². The van der Waals surface area contributed by atoms with E-state index >= 15 is 0 Å². The van der Waals surface area contributed by atoms with Crippen molar-refractivity contribution >= 4 is 5.97 Å². The first-order chi connectivity index (χ1) is 12.8. The van der Waals surface area contributed by atoms with Gasteiger partial charge in [-0.25, -0.2) is 0 Å². The highest BCUT2D eigenvalue weighted by Gasteiger charge is 2.45. The minimum absolute atomic E-state index is 0.227. The van der Waals surface area contributed by atoms with E-state index in [4.69, 9.17) is 4.74 Å². The summed E-state index contributed by atoms with van der Waals surface area (Å²) >= 11 is 0. The van der Waals surface area contributed by atoms with E-state index in [1.165, 1.54) is 0 Å². The number of rotatable bonds is 7. The monoisotopic (exact) mass is 344 g/mol. The lowest BCUT2D eigenvalue weighted by atomic mass is 9.69. The number of carbonyl (C=O) groups is 1. The van der Waals surface area contributed by atoms with Crippen molar-refractivity contribution in [2.45, 2.75) is 25.2 Å². The smallest absolute Gasteiger partial charge is 0.325 e. The summed E-state index contributed by atoms with van der Waals surface area (Å²) in [4.78, 5) is 13.5. The summed E-state index contributed by atoms with van der Waals surface area (Å²) in [6.45, 7) is 2.52. The molecule has 0 spiro atoms. The second-order valence-corrected chi connectivity index (χ2v) is 6.34. The van der Waals surface area contributed by atoms with Gasteiger partial charge in [0.05, 0.1) is 6.61 Å². The van der Waals surface area contributed by atoms with Crippen LogP contribution in [0.4, 0.5) is 0 Å². The molecular weight excluding hydrogens is 320 g/mol. The molecule has 2 nitrogen and oxygen atoms in total. The molecule has 0 saturated carbocycles. The van der Waals surface area contributed by atoms with E-state index in [-0.39, 0.29) is 5.97 Å². The number of ether oxygens (including phenoxy) is 1. The molecule has 0 aromatic heterocycles. The standard InChI is InChI=1S/C24H24O2/c1-2-3-19-26-23(25)24(20-13-7-4-8-14-20,21-15-9-5-10-16-21)22-17-11-6-12-18-22/h4-18H,2-3,19H2,1H3. The molecule has 3 rings (SSSR count). The van der Waals surface area contributed by atoms with Gasteiger partial charge in [0.25, 0.3) is 0 Å². The number of hydrogen-bond donors (Lipinski definition) is 0. The maximum Gasteiger partial charge on any atom is 0.325 e. The highest BCUT2D eigenvalue weighted by molar-refractivity contribution is 5.92. The van der Waals surface area contributed by atoms with Crippen molar-refractivity contribution in [1.82, 2.24) is 0 Å². The summed E-state index contributed by atoms with van der Waals surface area (Å²) in [6, 6.07) is 29.7. The lowest BCUT2D eigenvalue weighted by Gasteiger charge is -2.33. The Morgan fingerprint density at radius 3 is 1.46 bits per heavy atom. The molecule has 0 N–H and O–H groups in total. The van der Waals surface area contributed by atoms with Crippen molar-refractivity contribution in [3.8, 4) is 0 Å². The second-order valence-electron chi connectivity index (χ2n) is 6.34. The molecule has 2 heteroatoms. The number of unbranched alkanes of at least 4 members (excludes halogenated alkanes) is 1. The second kappa shape index (κ2) is 8.48. The van der Waals surface area contributed by atoms with Crippen molar-refractivity contribution in [3.05, 3.63) is 108 Å². The topological polar surface area (TPSA) is 26.3 Å². The van der Waals surface area contributed by atoms with Gasteiger partial charge in [0.1, 0.15) is 5.41 Å². The van der Waals surface area contributed by atoms with Crippen molar-refractivity contribution in [1.29, 1.82) is 0 Å². The number of esters is 1. The van der Waals surface area contributed by atoms with Gasteiger partial charge in [-0.2, -0.15) is 0 Å². The first-order valence-corrected chi connectivity index (χ1v) is 9.14. The first kappa shape index (κ1) is 17.9. The lowest BCUT2D eigenvalue weighted by molar-refractivity contribution is -0.147. The molecule has 0 saturated heterocycles. The van der Waals surface area contributed by atoms with Crippen molar-refractivity contribution in [2.75, 3.05) is 6.61 Å². The van der Waals surface area contributed by atoms with Gasteiger partial charge in [-0.15, -0.1) is 0 Å². The molecule has 0 aliphatic rings. The third-order valence-corrected chi connectivity index (χ3v) is 4.66. The van der Waals surface area contributed by atoms with Gasteiger partial charge in [0.15, 0.2) is 0 Å². The Morgan fingerprint density at radius 2 is 1.12 bits per heavy atom. The Balaban J connectivity index is 2.23. The van der Waals surface area contributed by atoms with Crippen molar-refractivity contribution in [2.24, 2.45) is 0 Å². The molecule has 0 heterocycles. The van der Waals surface area contributed by atoms with Crippen LogP contribution in [-0.4, -0.2) is 12.6 Å². The maximum absolute atomic E-state index is 13.5. The van der Waals surface area contributed by atoms with E-state index in [1.54, 1.807) is 0 Å². The average Bonchev–Trinajstić information content (AvgIpc) is 2.71. The van der Waals surface area contributed by atoms with Crippen LogP contribution in [-0.2, 0) is 14.9 Å². The normalized spacial score (nSPS) is 11.1. The van der Waals surface area contributed by atoms with Crippen LogP contribution in [0, 0.1) is 0 Å². The van der Waals surface area contributed by atoms with Crippen molar-refractivity contribution < 1.29 is 9.53 Å². The van der Waals surface area contributed by atoms with Crippen LogP contribution in [0.3, 0.4) is 0 Å². The van der Waals surface area contributed by atoms with E-state index in [2.05, 4.69) is 6.92 Å². The first-order valence-electron chi connectivity index (χ1n) is 9.14. The molecule has 132 valence electrons. The van der Waals surface area contributed by atoms with E-state index in [1.807, 2.05) is 91.0 Å². The number of carbonyl (C=O) groups excluding carboxylic acids is 1. The Hall–Kier alpha value is -2.87. The molecule has 3 aromatic rings. The zero-order valence-electron chi connectivity index (χ0n) is 15.1. The van der Waals surface area contributed by atoms with Crippen LogP contribution in [0.15, 0.2) is 91.0 Å². The van der Waals surface area contributed by atoms with Crippen LogP contribution < -0.4 is 0 Å². The predicted molar refractivity (Wildman–Crippen MR) is 105 cm³/mol. The lowest BCUT2D eigenvalue weighted by Crippen LogP contribution is -2.40. The molecule has 0 amide bonds. The Morgan fingerprint density at radius 1 is 0.731 bits per heavy atom. The zero-order chi connectivity index (χ0) is 18.2. The summed E-state index contributed by atoms with van der Waals surface area (Å²) in [7, 11) is 0. The molecule has 0 atom stereocenters. The molecule has 0 aliphatic carbocycles. The van der Waals surface area contributed by atoms with Crippen LogP contribution in [0.25, 0.3) is 0 Å². The highest BCUT2D eigenvalue weighted by Crippen LogP contribution is 2.40. The predicted octanol–water partition coefficient (Wildman–Crippen LogP) is 5.36. The summed E-state index contributed by atoms with van der Waals surface area (Å²) in [5, 5.41) is 0. The minimum atomic E-state index is -0.975. The summed E-state index contributed by atoms with van der Waals surface area (Å²) < 4.78 is 5.77. The fourth-order valence-corrected chi connectivity index (χ4v) is 3.34. The van der Waals surface area contributed by atoms with Gasteiger partial charge in [-0.3, -0.25) is 4.79 Å². The molecular formula is C24H24O2. The Bertz CT molecular complexity index is 714. The largest absolute Gasteiger partial charge is 0.465 e. The Kier molecular flexibility index (Phi) is 5.85. The third-order valence-electron chi connectivity index (χ3n) is 4.66. The summed E-state index contributed by atoms with van der Waals surface area (Å²) in [5.74, 6) is -0.227. The van der Waals surface area contributed by atoms with Crippen LogP contribution in [0.1, 0.15) is 36.5 Å². The summed E-state index contributed by atoms with van der Waals surface area (Å²) in [5.41, 5.74) is 1.77. The fourth-order valence-electron chi connectivity index (χ4n) is 3.34. The minimum Gasteiger partial charge on any atom is -0.465 e. The average molecular weight is 344 g/mol. The van der Waals surface area contributed by atoms with E-state index in [0.717, 1.165) is 29.5 Å². The fraction of sp³-hybridized carbons (Fsp3) is 0.208. The summed E-state index contributed by atoms with van der Waals surface area (Å²) in [6.07, 6.45) is 1.85. The van der Waals surface area contributed by atoms with E-state index in [9.17, 15) is 4.79 Å². The molecule has 0 radical (unpaired) electrons. The van der Waals surface area contributed by atoms with Crippen LogP contribution in [0.2, 0.25) is 0 Å². The van der Waals surface area contributed by atoms with Gasteiger partial charge in [0.2, 0.25) is 0 Å². The SMILES string of the molecule is CCCCOC(=O)C(c1ccccc1)(c1ccccc1)c1ccccc1. The highest BCUT2D eigenvalue weighted by atomic mass is 16.5. The zero-order valence-corrected chi connectivity index (χ0v) is 15.1. The molecule has 26 heavy (non-hydrogen) atoms. The third kappa shape index (κ3) is 3.41. The molecule has 0 unspecified atom stereocenters. The van der Waals surface area contributed by atoms with Gasteiger partial charge < -0.3 is 4.74 Å². The van der Waals surface area contributed by atoms with Crippen LogP contribution in [0.5, 0.6) is 0 Å². The van der Waals surface area contributed by atoms with E-state index < -0.39 is 5.41 Å². The Labute approximate surface area is 155 Å². The maximum atomic E-state index is 13.5. The quantitative estimate of drug-likeness (QED) is 0.327. The molecule has 0 aliphatic heterocycles. The molecule has 0 fully saturated rings. The molecule has 0 bridgehead atoms. The number of hydrogen-bond acceptors (Lipinski definition) is 2. The van der Waals surface area contributed by atoms with Gasteiger partial charge in [-0.05, 0) is 23.1 Å².